The molecule has 29 heavy (non-hydrogen) atoms. The predicted molar refractivity (Wildman–Crippen MR) is 124 cm³/mol. The van der Waals surface area contributed by atoms with Crippen LogP contribution >= 0.6 is 0 Å². The Hall–Kier alpha value is -0.300. The second-order valence-electron chi connectivity index (χ2n) is 12.8. The van der Waals surface area contributed by atoms with E-state index in [4.69, 9.17) is 0 Å². The van der Waals surface area contributed by atoms with Gasteiger partial charge in [0.1, 0.15) is 0 Å². The number of aliphatic hydroxyl groups is 1. The fourth-order valence-electron chi connectivity index (χ4n) is 8.95. The Labute approximate surface area is 181 Å². The van der Waals surface area contributed by atoms with Crippen LogP contribution in [-0.2, 0) is 0 Å². The Morgan fingerprint density at radius 2 is 1.83 bits per heavy atom. The van der Waals surface area contributed by atoms with Gasteiger partial charge in [0.2, 0.25) is 0 Å². The smallest absolute Gasteiger partial charge is 0.0579 e. The van der Waals surface area contributed by atoms with Crippen LogP contribution in [0, 0.1) is 52.3 Å². The van der Waals surface area contributed by atoms with E-state index >= 15 is 0 Å². The molecule has 9 atom stereocenters. The standard InChI is InChI=1S/C28H48O/c1-18(2)8-7-9-20(4)26-25(29)17-24-22-11-10-21-16-19(3)12-14-27(21,5)23(22)13-15-28(24,26)6/h10,18-20,22-26,29H,7-9,11-17H2,1-6H3/t19?,20-,22-,23+,24+,25+,26+,27+,28+/m1/s1. The second kappa shape index (κ2) is 7.99. The van der Waals surface area contributed by atoms with Crippen LogP contribution in [0.3, 0.4) is 0 Å². The average Bonchev–Trinajstić information content (AvgIpc) is 2.92. The lowest BCUT2D eigenvalue weighted by Gasteiger charge is -2.58. The second-order valence-corrected chi connectivity index (χ2v) is 12.8. The lowest BCUT2D eigenvalue weighted by Crippen LogP contribution is -2.50. The number of hydrogen-bond donors (Lipinski definition) is 1. The minimum atomic E-state index is -0.0673. The first kappa shape index (κ1) is 21.9. The van der Waals surface area contributed by atoms with Crippen molar-refractivity contribution in [2.45, 2.75) is 112 Å². The molecule has 0 aromatic heterocycles. The molecule has 3 fully saturated rings. The summed E-state index contributed by atoms with van der Waals surface area (Å²) in [6.07, 6.45) is 15.9. The summed E-state index contributed by atoms with van der Waals surface area (Å²) in [6.45, 7) is 14.8. The molecular weight excluding hydrogens is 352 g/mol. The summed E-state index contributed by atoms with van der Waals surface area (Å²) in [7, 11) is 0. The summed E-state index contributed by atoms with van der Waals surface area (Å²) in [6, 6.07) is 0. The zero-order valence-corrected chi connectivity index (χ0v) is 20.2. The van der Waals surface area contributed by atoms with Crippen molar-refractivity contribution in [3.05, 3.63) is 11.6 Å². The van der Waals surface area contributed by atoms with Gasteiger partial charge in [0.15, 0.2) is 0 Å². The molecule has 0 amide bonds. The third kappa shape index (κ3) is 3.66. The summed E-state index contributed by atoms with van der Waals surface area (Å²) in [4.78, 5) is 0. The van der Waals surface area contributed by atoms with Crippen LogP contribution in [0.15, 0.2) is 11.6 Å². The highest BCUT2D eigenvalue weighted by Gasteiger charge is 2.61. The summed E-state index contributed by atoms with van der Waals surface area (Å²) in [5.41, 5.74) is 2.63. The molecule has 0 aromatic rings. The maximum atomic E-state index is 11.3. The molecule has 1 heteroatoms. The molecular formula is C28H48O. The normalized spacial score (nSPS) is 47.9. The number of hydrogen-bond acceptors (Lipinski definition) is 1. The third-order valence-electron chi connectivity index (χ3n) is 10.5. The Kier molecular flexibility index (Phi) is 6.04. The fourth-order valence-corrected chi connectivity index (χ4v) is 8.95. The van der Waals surface area contributed by atoms with Crippen LogP contribution in [0.1, 0.15) is 106 Å². The summed E-state index contributed by atoms with van der Waals surface area (Å²) >= 11 is 0. The largest absolute Gasteiger partial charge is 0.393 e. The van der Waals surface area contributed by atoms with Crippen molar-refractivity contribution in [3.63, 3.8) is 0 Å². The lowest BCUT2D eigenvalue weighted by molar-refractivity contribution is -0.0577. The highest BCUT2D eigenvalue weighted by atomic mass is 16.3. The Balaban J connectivity index is 1.53. The molecule has 1 nitrogen and oxygen atoms in total. The molecule has 0 aromatic carbocycles. The van der Waals surface area contributed by atoms with Crippen molar-refractivity contribution in [2.24, 2.45) is 52.3 Å². The van der Waals surface area contributed by atoms with E-state index in [1.54, 1.807) is 5.57 Å². The van der Waals surface area contributed by atoms with E-state index in [0.717, 1.165) is 36.0 Å². The van der Waals surface area contributed by atoms with Gasteiger partial charge < -0.3 is 5.11 Å². The first-order valence-electron chi connectivity index (χ1n) is 13.0. The van der Waals surface area contributed by atoms with Gasteiger partial charge in [0.25, 0.3) is 0 Å². The van der Waals surface area contributed by atoms with Crippen LogP contribution in [0.4, 0.5) is 0 Å². The minimum absolute atomic E-state index is 0.0673. The Bertz CT molecular complexity index is 620. The number of rotatable bonds is 5. The van der Waals surface area contributed by atoms with E-state index in [2.05, 4.69) is 47.6 Å². The highest BCUT2D eigenvalue weighted by Crippen LogP contribution is 2.67. The maximum absolute atomic E-state index is 11.3. The van der Waals surface area contributed by atoms with Crippen LogP contribution in [-0.4, -0.2) is 11.2 Å². The number of fused-ring (bicyclic) bond motifs is 5. The van der Waals surface area contributed by atoms with Crippen LogP contribution in [0.5, 0.6) is 0 Å². The van der Waals surface area contributed by atoms with E-state index in [0.29, 0.717) is 22.7 Å². The molecule has 3 saturated carbocycles. The molecule has 4 rings (SSSR count). The van der Waals surface area contributed by atoms with Crippen LogP contribution in [0.25, 0.3) is 0 Å². The molecule has 1 N–H and O–H groups in total. The van der Waals surface area contributed by atoms with E-state index in [9.17, 15) is 5.11 Å². The van der Waals surface area contributed by atoms with Crippen molar-refractivity contribution in [1.82, 2.24) is 0 Å². The van der Waals surface area contributed by atoms with Crippen molar-refractivity contribution >= 4 is 0 Å². The zero-order chi connectivity index (χ0) is 21.0. The molecule has 0 radical (unpaired) electrons. The Morgan fingerprint density at radius 3 is 2.55 bits per heavy atom. The fraction of sp³-hybridized carbons (Fsp3) is 0.929. The van der Waals surface area contributed by atoms with Gasteiger partial charge in [-0.05, 0) is 97.2 Å². The van der Waals surface area contributed by atoms with Gasteiger partial charge in [-0.1, -0.05) is 72.5 Å². The molecule has 1 unspecified atom stereocenters. The predicted octanol–water partition coefficient (Wildman–Crippen LogP) is 7.63. The van der Waals surface area contributed by atoms with Crippen LogP contribution in [0.2, 0.25) is 0 Å². The van der Waals surface area contributed by atoms with Crippen molar-refractivity contribution in [3.8, 4) is 0 Å². The maximum Gasteiger partial charge on any atom is 0.0579 e. The molecule has 0 spiro atoms. The van der Waals surface area contributed by atoms with Crippen molar-refractivity contribution < 1.29 is 5.11 Å². The van der Waals surface area contributed by atoms with Gasteiger partial charge in [-0.25, -0.2) is 0 Å². The molecule has 166 valence electrons. The molecule has 0 heterocycles. The third-order valence-corrected chi connectivity index (χ3v) is 10.5. The topological polar surface area (TPSA) is 20.2 Å². The van der Waals surface area contributed by atoms with Gasteiger partial charge in [-0.2, -0.15) is 0 Å². The summed E-state index contributed by atoms with van der Waals surface area (Å²) < 4.78 is 0. The Morgan fingerprint density at radius 1 is 1.07 bits per heavy atom. The number of allylic oxidation sites excluding steroid dienone is 2. The van der Waals surface area contributed by atoms with Gasteiger partial charge in [-0.3, -0.25) is 0 Å². The van der Waals surface area contributed by atoms with E-state index in [-0.39, 0.29) is 6.10 Å². The molecule has 0 bridgehead atoms. The summed E-state index contributed by atoms with van der Waals surface area (Å²) in [5, 5.41) is 11.3. The minimum Gasteiger partial charge on any atom is -0.393 e. The molecule has 4 aliphatic rings. The lowest BCUT2D eigenvalue weighted by atomic mass is 9.46. The monoisotopic (exact) mass is 400 g/mol. The quantitative estimate of drug-likeness (QED) is 0.470. The van der Waals surface area contributed by atoms with Gasteiger partial charge in [0.05, 0.1) is 6.10 Å². The zero-order valence-electron chi connectivity index (χ0n) is 20.2. The molecule has 0 saturated heterocycles. The van der Waals surface area contributed by atoms with E-state index in [1.807, 2.05) is 0 Å². The molecule has 0 aliphatic heterocycles. The first-order chi connectivity index (χ1) is 13.7. The van der Waals surface area contributed by atoms with Gasteiger partial charge in [-0.15, -0.1) is 0 Å². The number of aliphatic hydroxyl groups excluding tert-OH is 1. The van der Waals surface area contributed by atoms with E-state index < -0.39 is 0 Å². The van der Waals surface area contributed by atoms with Crippen LogP contribution < -0.4 is 0 Å². The highest BCUT2D eigenvalue weighted by molar-refractivity contribution is 5.25. The van der Waals surface area contributed by atoms with Gasteiger partial charge in [0, 0.05) is 0 Å². The van der Waals surface area contributed by atoms with E-state index in [1.165, 1.54) is 57.8 Å². The average molecular weight is 401 g/mol. The van der Waals surface area contributed by atoms with Gasteiger partial charge >= 0.3 is 0 Å². The summed E-state index contributed by atoms with van der Waals surface area (Å²) in [5.74, 6) is 5.29. The SMILES string of the molecule is CC(C)CCC[C@@H](C)[C@H]1[C@@H](O)C[C@H]2[C@@H]3CC=C4CC(C)CC[C@]4(C)[C@H]3CC[C@]12C. The molecule has 4 aliphatic carbocycles. The van der Waals surface area contributed by atoms with Crippen molar-refractivity contribution in [2.75, 3.05) is 0 Å². The first-order valence-corrected chi connectivity index (χ1v) is 13.0. The van der Waals surface area contributed by atoms with Crippen molar-refractivity contribution in [1.29, 1.82) is 0 Å².